The highest BCUT2D eigenvalue weighted by Crippen LogP contribution is 2.52. The van der Waals surface area contributed by atoms with E-state index in [0.29, 0.717) is 28.1 Å². The summed E-state index contributed by atoms with van der Waals surface area (Å²) in [6.07, 6.45) is 6.30. The fourth-order valence-corrected chi connectivity index (χ4v) is 7.53. The van der Waals surface area contributed by atoms with Gasteiger partial charge in [-0.2, -0.15) is 0 Å². The van der Waals surface area contributed by atoms with Crippen LogP contribution in [0.15, 0.2) is 18.2 Å². The van der Waals surface area contributed by atoms with Gasteiger partial charge >= 0.3 is 11.9 Å². The molecule has 2 aromatic heterocycles. The fraction of sp³-hybridized carbons (Fsp3) is 0.586. The SMILES string of the molecule is C[C@@H](O)[C@H]1C(=O)N2C(C(=O)OCOC(=O)C3(C)CCCCC3)=C(c3cn4cnc(C(=O)CC(=O)N(C)C)c4s3)[C@H](C)[C@H]12. The highest BCUT2D eigenvalue weighted by molar-refractivity contribution is 7.18. The number of ketones is 1. The predicted molar refractivity (Wildman–Crippen MR) is 151 cm³/mol. The number of amides is 2. The van der Waals surface area contributed by atoms with E-state index >= 15 is 0 Å². The minimum absolute atomic E-state index is 0.0300. The molecule has 1 aliphatic carbocycles. The Morgan fingerprint density at radius 3 is 2.52 bits per heavy atom. The maximum absolute atomic E-state index is 13.5. The van der Waals surface area contributed by atoms with Gasteiger partial charge < -0.3 is 24.4 Å². The Morgan fingerprint density at radius 2 is 1.88 bits per heavy atom. The van der Waals surface area contributed by atoms with Gasteiger partial charge in [0.1, 0.15) is 22.5 Å². The average Bonchev–Trinajstić information content (AvgIpc) is 3.58. The van der Waals surface area contributed by atoms with Crippen LogP contribution in [0.3, 0.4) is 0 Å². The molecule has 5 rings (SSSR count). The normalized spacial score (nSPS) is 23.8. The molecule has 0 bridgehead atoms. The number of nitrogens with zero attached hydrogens (tertiary/aromatic N) is 4. The van der Waals surface area contributed by atoms with Crippen LogP contribution in [0.5, 0.6) is 0 Å². The van der Waals surface area contributed by atoms with Crippen LogP contribution < -0.4 is 0 Å². The quantitative estimate of drug-likeness (QED) is 0.151. The van der Waals surface area contributed by atoms with Crippen molar-refractivity contribution in [1.29, 1.82) is 0 Å². The summed E-state index contributed by atoms with van der Waals surface area (Å²) in [5.41, 5.74) is 0.0890. The number of Topliss-reactive ketones (excluding diaryl/α,β-unsaturated/α-hetero) is 1. The monoisotopic (exact) mass is 600 g/mol. The third-order valence-corrected chi connectivity index (χ3v) is 9.89. The number of aliphatic hydroxyl groups excluding tert-OH is 1. The molecule has 2 aromatic rings. The van der Waals surface area contributed by atoms with Crippen molar-refractivity contribution in [2.75, 3.05) is 20.9 Å². The second-order valence-electron chi connectivity index (χ2n) is 11.9. The summed E-state index contributed by atoms with van der Waals surface area (Å²) < 4.78 is 12.4. The number of aliphatic hydroxyl groups is 1. The van der Waals surface area contributed by atoms with Crippen LogP contribution in [0.2, 0.25) is 0 Å². The Morgan fingerprint density at radius 1 is 1.19 bits per heavy atom. The van der Waals surface area contributed by atoms with Crippen LogP contribution in [-0.2, 0) is 28.7 Å². The highest BCUT2D eigenvalue weighted by atomic mass is 32.1. The lowest BCUT2D eigenvalue weighted by atomic mass is 9.76. The molecule has 0 radical (unpaired) electrons. The first-order chi connectivity index (χ1) is 19.9. The van der Waals surface area contributed by atoms with Crippen LogP contribution in [-0.4, -0.2) is 86.9 Å². The van der Waals surface area contributed by atoms with Crippen LogP contribution in [0, 0.1) is 17.3 Å². The fourth-order valence-electron chi connectivity index (χ4n) is 6.29. The lowest BCUT2D eigenvalue weighted by Crippen LogP contribution is -2.63. The smallest absolute Gasteiger partial charge is 0.358 e. The van der Waals surface area contributed by atoms with Crippen molar-refractivity contribution in [1.82, 2.24) is 19.2 Å². The summed E-state index contributed by atoms with van der Waals surface area (Å²) in [5, 5.41) is 10.3. The molecular formula is C29H36N4O8S. The average molecular weight is 601 g/mol. The van der Waals surface area contributed by atoms with E-state index in [-0.39, 0.29) is 29.6 Å². The molecule has 1 saturated heterocycles. The molecule has 3 aliphatic rings. The molecule has 13 heteroatoms. The summed E-state index contributed by atoms with van der Waals surface area (Å²) in [6.45, 7) is 4.69. The summed E-state index contributed by atoms with van der Waals surface area (Å²) in [7, 11) is 3.14. The van der Waals surface area contributed by atoms with Gasteiger partial charge in [-0.05, 0) is 26.7 Å². The summed E-state index contributed by atoms with van der Waals surface area (Å²) in [6, 6.07) is -0.461. The number of fused-ring (bicyclic) bond motifs is 2. The maximum Gasteiger partial charge on any atom is 0.358 e. The summed E-state index contributed by atoms with van der Waals surface area (Å²) >= 11 is 1.21. The molecule has 226 valence electrons. The Balaban J connectivity index is 1.43. The van der Waals surface area contributed by atoms with Crippen molar-refractivity contribution < 1.29 is 38.6 Å². The van der Waals surface area contributed by atoms with Gasteiger partial charge in [0.05, 0.1) is 34.8 Å². The van der Waals surface area contributed by atoms with Gasteiger partial charge in [-0.15, -0.1) is 11.3 Å². The van der Waals surface area contributed by atoms with Crippen molar-refractivity contribution in [3.05, 3.63) is 28.8 Å². The Bertz CT molecular complexity index is 1480. The molecule has 1 saturated carbocycles. The first-order valence-corrected chi connectivity index (χ1v) is 15.0. The molecule has 1 N–H and O–H groups in total. The number of thiazole rings is 1. The lowest BCUT2D eigenvalue weighted by molar-refractivity contribution is -0.177. The number of ether oxygens (including phenoxy) is 2. The first-order valence-electron chi connectivity index (χ1n) is 14.2. The second-order valence-corrected chi connectivity index (χ2v) is 12.9. The third kappa shape index (κ3) is 5.02. The van der Waals surface area contributed by atoms with Gasteiger partial charge in [-0.3, -0.25) is 23.6 Å². The highest BCUT2D eigenvalue weighted by Gasteiger charge is 2.60. The number of carbonyl (C=O) groups is 5. The molecule has 2 amide bonds. The number of hydrogen-bond acceptors (Lipinski definition) is 10. The topological polar surface area (TPSA) is 148 Å². The summed E-state index contributed by atoms with van der Waals surface area (Å²) in [4.78, 5) is 72.3. The number of rotatable bonds is 9. The van der Waals surface area contributed by atoms with Gasteiger partial charge in [-0.1, -0.05) is 26.2 Å². The van der Waals surface area contributed by atoms with E-state index in [1.807, 2.05) is 13.8 Å². The molecule has 0 aromatic carbocycles. The van der Waals surface area contributed by atoms with E-state index in [2.05, 4.69) is 4.98 Å². The zero-order valence-electron chi connectivity index (χ0n) is 24.4. The molecule has 2 fully saturated rings. The number of esters is 2. The van der Waals surface area contributed by atoms with Crippen LogP contribution in [0.25, 0.3) is 10.4 Å². The van der Waals surface area contributed by atoms with Crippen LogP contribution in [0.1, 0.15) is 74.7 Å². The standard InChI is InChI=1S/C29H36N4O8S/c1-15-20(18-12-32-13-30-22(26(32)42-18)17(35)11-19(36)31(4)5)24(33-23(15)21(16(2)34)25(33)37)27(38)40-14-41-28(39)29(3)9-7-6-8-10-29/h12-13,15-16,21,23,34H,6-11,14H2,1-5H3/t15-,16+,21+,23+/m0/s1. The molecular weight excluding hydrogens is 564 g/mol. The van der Waals surface area contributed by atoms with Crippen molar-refractivity contribution >= 4 is 51.3 Å². The Hall–Kier alpha value is -3.58. The number of β-lactam (4-membered cyclic amide) rings is 1. The molecule has 0 spiro atoms. The first kappa shape index (κ1) is 29.9. The van der Waals surface area contributed by atoms with Gasteiger partial charge in [0.25, 0.3) is 0 Å². The zero-order chi connectivity index (χ0) is 30.5. The van der Waals surface area contributed by atoms with E-state index in [1.54, 1.807) is 31.6 Å². The largest absolute Gasteiger partial charge is 0.427 e. The van der Waals surface area contributed by atoms with Gasteiger partial charge in [0.15, 0.2) is 5.78 Å². The van der Waals surface area contributed by atoms with Gasteiger partial charge in [0.2, 0.25) is 18.6 Å². The maximum atomic E-state index is 13.5. The second kappa shape index (κ2) is 11.3. The molecule has 12 nitrogen and oxygen atoms in total. The van der Waals surface area contributed by atoms with Crippen LogP contribution >= 0.6 is 11.3 Å². The Kier molecular flexibility index (Phi) is 8.01. The zero-order valence-corrected chi connectivity index (χ0v) is 25.2. The number of aromatic nitrogens is 2. The summed E-state index contributed by atoms with van der Waals surface area (Å²) in [5.74, 6) is -3.44. The molecule has 42 heavy (non-hydrogen) atoms. The van der Waals surface area contributed by atoms with E-state index in [0.717, 1.165) is 19.3 Å². The van der Waals surface area contributed by atoms with Gasteiger partial charge in [-0.25, -0.2) is 9.78 Å². The number of hydrogen-bond donors (Lipinski definition) is 1. The minimum atomic E-state index is -0.920. The van der Waals surface area contributed by atoms with Crippen molar-refractivity contribution in [3.8, 4) is 0 Å². The van der Waals surface area contributed by atoms with E-state index < -0.39 is 53.9 Å². The van der Waals surface area contributed by atoms with E-state index in [9.17, 15) is 29.1 Å². The lowest BCUT2D eigenvalue weighted by Gasteiger charge is -2.46. The van der Waals surface area contributed by atoms with Gasteiger partial charge in [0, 0.05) is 31.8 Å². The molecule has 0 unspecified atom stereocenters. The van der Waals surface area contributed by atoms with Crippen LogP contribution in [0.4, 0.5) is 0 Å². The number of imidazole rings is 1. The third-order valence-electron chi connectivity index (χ3n) is 8.75. The van der Waals surface area contributed by atoms with E-state index in [1.165, 1.54) is 27.5 Å². The Labute approximate surface area is 247 Å². The van der Waals surface area contributed by atoms with Crippen molar-refractivity contribution in [3.63, 3.8) is 0 Å². The molecule has 4 atom stereocenters. The van der Waals surface area contributed by atoms with Crippen molar-refractivity contribution in [2.45, 2.75) is 71.4 Å². The minimum Gasteiger partial charge on any atom is -0.427 e. The van der Waals surface area contributed by atoms with Crippen molar-refractivity contribution in [2.24, 2.45) is 17.3 Å². The number of carbonyl (C=O) groups excluding carboxylic acids is 5. The van der Waals surface area contributed by atoms with E-state index in [4.69, 9.17) is 9.47 Å². The predicted octanol–water partition coefficient (Wildman–Crippen LogP) is 2.64. The molecule has 4 heterocycles. The molecule has 2 aliphatic heterocycles.